The zero-order chi connectivity index (χ0) is 19.1. The van der Waals surface area contributed by atoms with E-state index in [0.29, 0.717) is 11.7 Å². The van der Waals surface area contributed by atoms with Gasteiger partial charge in [0, 0.05) is 17.8 Å². The van der Waals surface area contributed by atoms with Gasteiger partial charge in [0.25, 0.3) is 0 Å². The van der Waals surface area contributed by atoms with Crippen molar-refractivity contribution in [3.63, 3.8) is 0 Å². The second-order valence-corrected chi connectivity index (χ2v) is 7.94. The number of hydrogen-bond donors (Lipinski definition) is 2. The summed E-state index contributed by atoms with van der Waals surface area (Å²) in [5, 5.41) is 15.0. The Hall–Kier alpha value is -2.58. The predicted molar refractivity (Wildman–Crippen MR) is 110 cm³/mol. The molecular formula is C19H20N4O2S2. The van der Waals surface area contributed by atoms with Gasteiger partial charge in [-0.2, -0.15) is 0 Å². The van der Waals surface area contributed by atoms with E-state index in [-0.39, 0.29) is 11.7 Å². The highest BCUT2D eigenvalue weighted by Gasteiger charge is 2.09. The number of carbonyl (C=O) groups is 1. The minimum absolute atomic E-state index is 0.0610. The van der Waals surface area contributed by atoms with Crippen LogP contribution < -0.4 is 15.4 Å². The number of methoxy groups -OCH3 is 1. The minimum atomic E-state index is -0.0610. The zero-order valence-electron chi connectivity index (χ0n) is 15.1. The van der Waals surface area contributed by atoms with E-state index < -0.39 is 0 Å². The van der Waals surface area contributed by atoms with Crippen LogP contribution in [0.3, 0.4) is 0 Å². The van der Waals surface area contributed by atoms with Crippen LogP contribution in [0.2, 0.25) is 0 Å². The fourth-order valence-electron chi connectivity index (χ4n) is 2.30. The molecule has 2 aromatic carbocycles. The number of thioether (sulfide) groups is 1. The van der Waals surface area contributed by atoms with Gasteiger partial charge in [-0.3, -0.25) is 4.79 Å². The van der Waals surface area contributed by atoms with Gasteiger partial charge >= 0.3 is 0 Å². The van der Waals surface area contributed by atoms with E-state index in [1.54, 1.807) is 7.11 Å². The SMILES string of the molecule is COc1ccccc1CNC(=O)CSc1nnc(Nc2ccc(C)cc2)s1. The molecule has 0 saturated heterocycles. The first-order valence-electron chi connectivity index (χ1n) is 8.32. The average molecular weight is 401 g/mol. The summed E-state index contributed by atoms with van der Waals surface area (Å²) in [5.74, 6) is 0.990. The molecule has 0 spiro atoms. The van der Waals surface area contributed by atoms with E-state index in [1.807, 2.05) is 55.5 Å². The van der Waals surface area contributed by atoms with Crippen molar-refractivity contribution in [2.45, 2.75) is 17.8 Å². The smallest absolute Gasteiger partial charge is 0.230 e. The number of ether oxygens (including phenoxy) is 1. The van der Waals surface area contributed by atoms with Crippen LogP contribution in [0.4, 0.5) is 10.8 Å². The molecule has 0 radical (unpaired) electrons. The summed E-state index contributed by atoms with van der Waals surface area (Å²) < 4.78 is 6.03. The van der Waals surface area contributed by atoms with Crippen molar-refractivity contribution < 1.29 is 9.53 Å². The minimum Gasteiger partial charge on any atom is -0.496 e. The number of carbonyl (C=O) groups excluding carboxylic acids is 1. The summed E-state index contributed by atoms with van der Waals surface area (Å²) in [6, 6.07) is 15.7. The third kappa shape index (κ3) is 5.70. The molecule has 1 aromatic heterocycles. The number of nitrogens with one attached hydrogen (secondary N) is 2. The van der Waals surface area contributed by atoms with Crippen LogP contribution in [-0.4, -0.2) is 29.0 Å². The molecule has 1 heterocycles. The van der Waals surface area contributed by atoms with Crippen LogP contribution in [-0.2, 0) is 11.3 Å². The molecule has 0 bridgehead atoms. The Balaban J connectivity index is 1.46. The molecule has 0 aliphatic heterocycles. The van der Waals surface area contributed by atoms with E-state index >= 15 is 0 Å². The van der Waals surface area contributed by atoms with Crippen molar-refractivity contribution in [2.24, 2.45) is 0 Å². The number of nitrogens with zero attached hydrogens (tertiary/aromatic N) is 2. The van der Waals surface area contributed by atoms with E-state index in [2.05, 4.69) is 20.8 Å². The van der Waals surface area contributed by atoms with E-state index in [0.717, 1.165) is 21.3 Å². The molecule has 3 rings (SSSR count). The van der Waals surface area contributed by atoms with Crippen LogP contribution in [0.1, 0.15) is 11.1 Å². The molecule has 6 nitrogen and oxygen atoms in total. The zero-order valence-corrected chi connectivity index (χ0v) is 16.7. The fraction of sp³-hybridized carbons (Fsp3) is 0.211. The number of benzene rings is 2. The molecule has 0 aliphatic carbocycles. The molecule has 1 amide bonds. The third-order valence-corrected chi connectivity index (χ3v) is 5.68. The molecule has 0 fully saturated rings. The Morgan fingerprint density at radius 1 is 1.15 bits per heavy atom. The molecule has 0 unspecified atom stereocenters. The second kappa shape index (κ2) is 9.38. The number of hydrogen-bond acceptors (Lipinski definition) is 7. The number of anilines is 2. The lowest BCUT2D eigenvalue weighted by molar-refractivity contribution is -0.118. The molecular weight excluding hydrogens is 380 g/mol. The van der Waals surface area contributed by atoms with Gasteiger partial charge < -0.3 is 15.4 Å². The van der Waals surface area contributed by atoms with E-state index in [1.165, 1.54) is 28.7 Å². The van der Waals surface area contributed by atoms with Gasteiger partial charge in [0.15, 0.2) is 4.34 Å². The van der Waals surface area contributed by atoms with Gasteiger partial charge in [-0.25, -0.2) is 0 Å². The maximum absolute atomic E-state index is 12.1. The topological polar surface area (TPSA) is 76.1 Å². The van der Waals surface area contributed by atoms with Gasteiger partial charge in [-0.15, -0.1) is 10.2 Å². The summed E-state index contributed by atoms with van der Waals surface area (Å²) in [4.78, 5) is 12.1. The molecule has 2 N–H and O–H groups in total. The average Bonchev–Trinajstić information content (AvgIpc) is 3.14. The second-order valence-electron chi connectivity index (χ2n) is 5.74. The molecule has 27 heavy (non-hydrogen) atoms. The molecule has 140 valence electrons. The normalized spacial score (nSPS) is 10.4. The Morgan fingerprint density at radius 3 is 2.70 bits per heavy atom. The van der Waals surface area contributed by atoms with Crippen molar-refractivity contribution in [1.29, 1.82) is 0 Å². The highest BCUT2D eigenvalue weighted by molar-refractivity contribution is 8.01. The first-order chi connectivity index (χ1) is 13.1. The molecule has 0 saturated carbocycles. The van der Waals surface area contributed by atoms with Gasteiger partial charge in [0.1, 0.15) is 5.75 Å². The standard InChI is InChI=1S/C19H20N4O2S2/c1-13-7-9-15(10-8-13)21-18-22-23-19(27-18)26-12-17(24)20-11-14-5-3-4-6-16(14)25-2/h3-10H,11-12H2,1-2H3,(H,20,24)(H,21,22). The monoisotopic (exact) mass is 400 g/mol. The highest BCUT2D eigenvalue weighted by atomic mass is 32.2. The van der Waals surface area contributed by atoms with E-state index in [4.69, 9.17) is 4.74 Å². The van der Waals surface area contributed by atoms with E-state index in [9.17, 15) is 4.79 Å². The lowest BCUT2D eigenvalue weighted by Crippen LogP contribution is -2.24. The summed E-state index contributed by atoms with van der Waals surface area (Å²) in [5.41, 5.74) is 3.11. The Kier molecular flexibility index (Phi) is 6.67. The number of para-hydroxylation sites is 1. The largest absolute Gasteiger partial charge is 0.496 e. The van der Waals surface area contributed by atoms with Crippen molar-refractivity contribution >= 4 is 39.8 Å². The first kappa shape index (κ1) is 19.2. The molecule has 0 aliphatic rings. The maximum atomic E-state index is 12.1. The van der Waals surface area contributed by atoms with Crippen molar-refractivity contribution in [2.75, 3.05) is 18.2 Å². The Labute approximate surface area is 166 Å². The van der Waals surface area contributed by atoms with Crippen molar-refractivity contribution in [3.8, 4) is 5.75 Å². The number of rotatable bonds is 8. The molecule has 0 atom stereocenters. The van der Waals surface area contributed by atoms with Gasteiger partial charge in [-0.05, 0) is 25.1 Å². The van der Waals surface area contributed by atoms with Gasteiger partial charge in [0.05, 0.1) is 12.9 Å². The third-order valence-electron chi connectivity index (χ3n) is 3.70. The number of aromatic nitrogens is 2. The predicted octanol–water partition coefficient (Wildman–Crippen LogP) is 4.01. The maximum Gasteiger partial charge on any atom is 0.230 e. The van der Waals surface area contributed by atoms with Crippen molar-refractivity contribution in [1.82, 2.24) is 15.5 Å². The Bertz CT molecular complexity index is 897. The van der Waals surface area contributed by atoms with Gasteiger partial charge in [-0.1, -0.05) is 59.0 Å². The summed E-state index contributed by atoms with van der Waals surface area (Å²) in [7, 11) is 1.62. The van der Waals surface area contributed by atoms with Crippen LogP contribution in [0.5, 0.6) is 5.75 Å². The number of amides is 1. The summed E-state index contributed by atoms with van der Waals surface area (Å²) >= 11 is 2.79. The number of aryl methyl sites for hydroxylation is 1. The van der Waals surface area contributed by atoms with Crippen LogP contribution in [0.15, 0.2) is 52.9 Å². The lowest BCUT2D eigenvalue weighted by Gasteiger charge is -2.09. The highest BCUT2D eigenvalue weighted by Crippen LogP contribution is 2.27. The van der Waals surface area contributed by atoms with Crippen LogP contribution in [0.25, 0.3) is 0 Å². The van der Waals surface area contributed by atoms with Crippen LogP contribution in [0, 0.1) is 6.92 Å². The van der Waals surface area contributed by atoms with Crippen molar-refractivity contribution in [3.05, 3.63) is 59.7 Å². The van der Waals surface area contributed by atoms with Crippen LogP contribution >= 0.6 is 23.1 Å². The first-order valence-corrected chi connectivity index (χ1v) is 10.1. The quantitative estimate of drug-likeness (QED) is 0.557. The van der Waals surface area contributed by atoms with Gasteiger partial charge in [0.2, 0.25) is 11.0 Å². The lowest BCUT2D eigenvalue weighted by atomic mass is 10.2. The Morgan fingerprint density at radius 2 is 1.93 bits per heavy atom. The fourth-order valence-corrected chi connectivity index (χ4v) is 3.90. The molecule has 8 heteroatoms. The summed E-state index contributed by atoms with van der Waals surface area (Å²) in [6.45, 7) is 2.47. The summed E-state index contributed by atoms with van der Waals surface area (Å²) in [6.07, 6.45) is 0. The molecule has 3 aromatic rings.